The predicted molar refractivity (Wildman–Crippen MR) is 117 cm³/mol. The molecule has 0 unspecified atom stereocenters. The number of sulfonamides is 1. The fourth-order valence-corrected chi connectivity index (χ4v) is 5.88. The second kappa shape index (κ2) is 8.40. The number of carbonyl (C=O) groups is 1. The van der Waals surface area contributed by atoms with Crippen molar-refractivity contribution >= 4 is 21.6 Å². The Balaban J connectivity index is 1.46. The van der Waals surface area contributed by atoms with Gasteiger partial charge < -0.3 is 9.64 Å². The van der Waals surface area contributed by atoms with E-state index in [2.05, 4.69) is 6.07 Å². The van der Waals surface area contributed by atoms with Gasteiger partial charge in [0.1, 0.15) is 5.75 Å². The van der Waals surface area contributed by atoms with Gasteiger partial charge in [-0.1, -0.05) is 19.9 Å². The van der Waals surface area contributed by atoms with Crippen molar-refractivity contribution in [2.24, 2.45) is 0 Å². The van der Waals surface area contributed by atoms with Crippen LogP contribution in [0.2, 0.25) is 0 Å². The van der Waals surface area contributed by atoms with Gasteiger partial charge in [0.05, 0.1) is 4.90 Å². The van der Waals surface area contributed by atoms with E-state index in [1.54, 1.807) is 23.1 Å². The maximum atomic E-state index is 12.8. The largest absolute Gasteiger partial charge is 0.484 e. The first kappa shape index (κ1) is 20.9. The van der Waals surface area contributed by atoms with E-state index in [-0.39, 0.29) is 17.4 Å². The molecule has 2 aliphatic rings. The number of carbonyl (C=O) groups excluding carboxylic acids is 1. The molecule has 0 spiro atoms. The summed E-state index contributed by atoms with van der Waals surface area (Å²) in [7, 11) is -3.51. The molecule has 0 N–H and O–H groups in total. The maximum absolute atomic E-state index is 12.8. The Hall–Kier alpha value is -2.38. The van der Waals surface area contributed by atoms with Crippen LogP contribution < -0.4 is 9.64 Å². The fourth-order valence-electron chi connectivity index (χ4n) is 4.37. The van der Waals surface area contributed by atoms with Crippen LogP contribution in [-0.4, -0.2) is 44.9 Å². The lowest BCUT2D eigenvalue weighted by atomic mass is 10.1. The summed E-state index contributed by atoms with van der Waals surface area (Å²) in [4.78, 5) is 14.7. The monoisotopic (exact) mass is 428 g/mol. The molecule has 1 heterocycles. The van der Waals surface area contributed by atoms with Gasteiger partial charge in [0.2, 0.25) is 10.0 Å². The van der Waals surface area contributed by atoms with Crippen LogP contribution in [0.3, 0.4) is 0 Å². The van der Waals surface area contributed by atoms with Gasteiger partial charge in [0.25, 0.3) is 5.91 Å². The predicted octanol–water partition coefficient (Wildman–Crippen LogP) is 3.17. The van der Waals surface area contributed by atoms with Gasteiger partial charge in [-0.25, -0.2) is 8.42 Å². The van der Waals surface area contributed by atoms with Gasteiger partial charge in [0, 0.05) is 25.3 Å². The molecule has 1 amide bonds. The highest BCUT2D eigenvalue weighted by Gasteiger charge is 2.28. The molecule has 30 heavy (non-hydrogen) atoms. The van der Waals surface area contributed by atoms with E-state index in [0.29, 0.717) is 26.1 Å². The van der Waals surface area contributed by atoms with Crippen molar-refractivity contribution in [3.05, 3.63) is 53.1 Å². The van der Waals surface area contributed by atoms with Gasteiger partial charge >= 0.3 is 0 Å². The van der Waals surface area contributed by atoms with E-state index < -0.39 is 10.0 Å². The maximum Gasteiger partial charge on any atom is 0.264 e. The first-order valence-corrected chi connectivity index (χ1v) is 12.1. The molecule has 7 heteroatoms. The molecule has 2 aromatic carbocycles. The molecule has 2 aromatic rings. The first-order chi connectivity index (χ1) is 14.4. The number of aryl methyl sites for hydroxylation is 2. The van der Waals surface area contributed by atoms with Crippen molar-refractivity contribution < 1.29 is 17.9 Å². The zero-order chi connectivity index (χ0) is 21.3. The Labute approximate surface area is 178 Å². The van der Waals surface area contributed by atoms with Crippen LogP contribution in [0.1, 0.15) is 37.0 Å². The normalized spacial score (nSPS) is 15.4. The van der Waals surface area contributed by atoms with Crippen LogP contribution in [0.4, 0.5) is 5.69 Å². The minimum absolute atomic E-state index is 0.0300. The summed E-state index contributed by atoms with van der Waals surface area (Å²) in [5.74, 6) is 0.609. The molecule has 0 saturated heterocycles. The van der Waals surface area contributed by atoms with Crippen molar-refractivity contribution in [2.45, 2.75) is 44.4 Å². The van der Waals surface area contributed by atoms with Gasteiger partial charge in [-0.15, -0.1) is 0 Å². The number of benzene rings is 2. The molecule has 1 aliphatic carbocycles. The smallest absolute Gasteiger partial charge is 0.264 e. The number of nitrogens with zero attached hydrogens (tertiary/aromatic N) is 2. The van der Waals surface area contributed by atoms with Crippen molar-refractivity contribution in [2.75, 3.05) is 31.1 Å². The summed E-state index contributed by atoms with van der Waals surface area (Å²) < 4.78 is 32.8. The van der Waals surface area contributed by atoms with Gasteiger partial charge in [-0.3, -0.25) is 4.79 Å². The molecule has 0 saturated carbocycles. The van der Waals surface area contributed by atoms with Gasteiger partial charge in [-0.05, 0) is 72.7 Å². The lowest BCUT2D eigenvalue weighted by molar-refractivity contribution is -0.120. The summed E-state index contributed by atoms with van der Waals surface area (Å²) in [6.07, 6.45) is 4.00. The number of ether oxygens (including phenoxy) is 1. The van der Waals surface area contributed by atoms with E-state index in [1.165, 1.54) is 21.9 Å². The number of hydrogen-bond donors (Lipinski definition) is 0. The highest BCUT2D eigenvalue weighted by atomic mass is 32.2. The quantitative estimate of drug-likeness (QED) is 0.679. The van der Waals surface area contributed by atoms with E-state index >= 15 is 0 Å². The molecule has 0 atom stereocenters. The summed E-state index contributed by atoms with van der Waals surface area (Å²) in [5, 5.41) is 0. The third kappa shape index (κ3) is 3.84. The van der Waals surface area contributed by atoms with Gasteiger partial charge in [-0.2, -0.15) is 4.31 Å². The van der Waals surface area contributed by atoms with Crippen LogP contribution in [0.15, 0.2) is 41.3 Å². The van der Waals surface area contributed by atoms with Crippen LogP contribution in [-0.2, 0) is 34.1 Å². The van der Waals surface area contributed by atoms with Crippen LogP contribution >= 0.6 is 0 Å². The molecule has 4 rings (SSSR count). The lowest BCUT2D eigenvalue weighted by Crippen LogP contribution is -2.33. The van der Waals surface area contributed by atoms with E-state index in [1.807, 2.05) is 26.0 Å². The number of anilines is 1. The Morgan fingerprint density at radius 2 is 1.77 bits per heavy atom. The SMILES string of the molecule is CCN(CC)S(=O)(=O)c1ccc2c(c1)CCN2C(=O)COc1ccc2c(c1)CCC2. The molecule has 0 aromatic heterocycles. The Morgan fingerprint density at radius 3 is 2.53 bits per heavy atom. The Kier molecular flexibility index (Phi) is 5.84. The molecule has 1 aliphatic heterocycles. The molecule has 0 fully saturated rings. The van der Waals surface area contributed by atoms with Crippen LogP contribution in [0, 0.1) is 0 Å². The van der Waals surface area contributed by atoms with Crippen LogP contribution in [0.25, 0.3) is 0 Å². The summed E-state index contributed by atoms with van der Waals surface area (Å²) in [6.45, 7) is 5.03. The number of fused-ring (bicyclic) bond motifs is 2. The molecule has 6 nitrogen and oxygen atoms in total. The number of amides is 1. The average Bonchev–Trinajstić information content (AvgIpc) is 3.38. The third-order valence-corrected chi connectivity index (χ3v) is 8.07. The topological polar surface area (TPSA) is 66.9 Å². The fraction of sp³-hybridized carbons (Fsp3) is 0.435. The first-order valence-electron chi connectivity index (χ1n) is 10.6. The van der Waals surface area contributed by atoms with Crippen molar-refractivity contribution in [1.29, 1.82) is 0 Å². The molecule has 160 valence electrons. The summed E-state index contributed by atoms with van der Waals surface area (Å²) in [6, 6.07) is 11.1. The second-order valence-electron chi connectivity index (χ2n) is 7.75. The Morgan fingerprint density at radius 1 is 1.00 bits per heavy atom. The highest BCUT2D eigenvalue weighted by Crippen LogP contribution is 2.31. The highest BCUT2D eigenvalue weighted by molar-refractivity contribution is 7.89. The van der Waals surface area contributed by atoms with E-state index in [9.17, 15) is 13.2 Å². The molecular formula is C23H28N2O4S. The lowest BCUT2D eigenvalue weighted by Gasteiger charge is -2.20. The number of hydrogen-bond acceptors (Lipinski definition) is 4. The summed E-state index contributed by atoms with van der Waals surface area (Å²) in [5.41, 5.74) is 4.34. The second-order valence-corrected chi connectivity index (χ2v) is 9.69. The third-order valence-electron chi connectivity index (χ3n) is 6.02. The molecular weight excluding hydrogens is 400 g/mol. The average molecular weight is 429 g/mol. The minimum atomic E-state index is -3.51. The molecule has 0 bridgehead atoms. The van der Waals surface area contributed by atoms with E-state index in [0.717, 1.165) is 29.8 Å². The van der Waals surface area contributed by atoms with E-state index in [4.69, 9.17) is 4.74 Å². The van der Waals surface area contributed by atoms with Crippen LogP contribution in [0.5, 0.6) is 5.75 Å². The van der Waals surface area contributed by atoms with Gasteiger partial charge in [0.15, 0.2) is 6.61 Å². The number of rotatable bonds is 7. The molecule has 0 radical (unpaired) electrons. The van der Waals surface area contributed by atoms with Crippen molar-refractivity contribution in [1.82, 2.24) is 4.31 Å². The zero-order valence-electron chi connectivity index (χ0n) is 17.6. The Bertz CT molecular complexity index is 1060. The van der Waals surface area contributed by atoms with Crippen molar-refractivity contribution in [3.63, 3.8) is 0 Å². The summed E-state index contributed by atoms with van der Waals surface area (Å²) >= 11 is 0. The minimum Gasteiger partial charge on any atom is -0.484 e. The standard InChI is InChI=1S/C23H28N2O4S/c1-3-24(4-2)30(27,28)21-10-11-22-19(15-21)12-13-25(22)23(26)16-29-20-9-8-17-6-5-7-18(17)14-20/h8-11,14-15H,3-7,12-13,16H2,1-2H3. The van der Waals surface area contributed by atoms with Crippen molar-refractivity contribution in [3.8, 4) is 5.75 Å². The zero-order valence-corrected chi connectivity index (χ0v) is 18.4.